The highest BCUT2D eigenvalue weighted by Gasteiger charge is 2.52. The van der Waals surface area contributed by atoms with Crippen LogP contribution in [0.3, 0.4) is 0 Å². The summed E-state index contributed by atoms with van der Waals surface area (Å²) in [4.78, 5) is 7.57. The second-order valence-electron chi connectivity index (χ2n) is 20.7. The van der Waals surface area contributed by atoms with E-state index in [0.717, 1.165) is 39.8 Å². The van der Waals surface area contributed by atoms with Crippen LogP contribution in [-0.4, -0.2) is 6.71 Å². The Morgan fingerprint density at radius 1 is 0.273 bits per heavy atom. The van der Waals surface area contributed by atoms with Gasteiger partial charge < -0.3 is 14.7 Å². The molecule has 0 saturated heterocycles. The molecule has 4 aliphatic rings. The summed E-state index contributed by atoms with van der Waals surface area (Å²) in [7, 11) is 0. The van der Waals surface area contributed by atoms with Gasteiger partial charge in [-0.1, -0.05) is 218 Å². The molecule has 0 bridgehead atoms. The SMILES string of the molecule is c1ccc(-c2cccc(N3c4cc(-c5ccccc5)ccc4B4c5ccccc5N(c5ccc6c(c5)-c5ccccc5C65c6ccccc6-c6ccccc65)c5cc(N(c6ccccc6)c6ccccc6)cc3c54)c2)cc1. The molecular weight excluding hydrogens is 930 g/mol. The van der Waals surface area contributed by atoms with E-state index in [0.29, 0.717) is 0 Å². The molecule has 3 nitrogen and oxygen atoms in total. The summed E-state index contributed by atoms with van der Waals surface area (Å²) in [6, 6.07) is 108. The van der Waals surface area contributed by atoms with Gasteiger partial charge in [-0.15, -0.1) is 0 Å². The first kappa shape index (κ1) is 43.5. The fourth-order valence-corrected chi connectivity index (χ4v) is 13.7. The zero-order valence-electron chi connectivity index (χ0n) is 42.1. The van der Waals surface area contributed by atoms with Gasteiger partial charge in [0.05, 0.1) is 11.1 Å². The maximum absolute atomic E-state index is 2.58. The number of benzene rings is 12. The molecule has 4 heteroatoms. The fraction of sp³-hybridized carbons (Fsp3) is 0.0137. The zero-order valence-corrected chi connectivity index (χ0v) is 42.1. The summed E-state index contributed by atoms with van der Waals surface area (Å²) in [5.41, 5.74) is 28.7. The molecule has 1 spiro atoms. The first-order valence-electron chi connectivity index (χ1n) is 26.8. The third-order valence-corrected chi connectivity index (χ3v) is 16.8. The number of para-hydroxylation sites is 3. The van der Waals surface area contributed by atoms with Crippen LogP contribution in [0.25, 0.3) is 44.5 Å². The van der Waals surface area contributed by atoms with Crippen molar-refractivity contribution in [3.05, 3.63) is 313 Å². The smallest absolute Gasteiger partial charge is 0.252 e. The van der Waals surface area contributed by atoms with E-state index in [1.807, 2.05) is 0 Å². The normalized spacial score (nSPS) is 13.5. The number of nitrogens with zero attached hydrogens (tertiary/aromatic N) is 3. The molecule has 2 aliphatic heterocycles. The van der Waals surface area contributed by atoms with Crippen molar-refractivity contribution in [2.24, 2.45) is 0 Å². The number of hydrogen-bond acceptors (Lipinski definition) is 3. The lowest BCUT2D eigenvalue weighted by Gasteiger charge is -2.45. The van der Waals surface area contributed by atoms with E-state index in [9.17, 15) is 0 Å². The van der Waals surface area contributed by atoms with E-state index in [-0.39, 0.29) is 6.71 Å². The van der Waals surface area contributed by atoms with E-state index >= 15 is 0 Å². The number of anilines is 9. The molecular formula is C73H48BN3. The second kappa shape index (κ2) is 17.1. The van der Waals surface area contributed by atoms with Crippen molar-refractivity contribution in [2.45, 2.75) is 5.41 Å². The molecule has 0 saturated carbocycles. The number of rotatable bonds is 7. The van der Waals surface area contributed by atoms with Crippen LogP contribution in [0.2, 0.25) is 0 Å². The molecule has 77 heavy (non-hydrogen) atoms. The van der Waals surface area contributed by atoms with Crippen molar-refractivity contribution in [2.75, 3.05) is 14.7 Å². The lowest BCUT2D eigenvalue weighted by Crippen LogP contribution is -2.61. The summed E-state index contributed by atoms with van der Waals surface area (Å²) < 4.78 is 0. The summed E-state index contributed by atoms with van der Waals surface area (Å²) in [5.74, 6) is 0. The van der Waals surface area contributed by atoms with Crippen LogP contribution in [0.4, 0.5) is 51.2 Å². The van der Waals surface area contributed by atoms with Crippen LogP contribution < -0.4 is 31.1 Å². The summed E-state index contributed by atoms with van der Waals surface area (Å²) >= 11 is 0. The van der Waals surface area contributed by atoms with Crippen LogP contribution in [-0.2, 0) is 5.41 Å². The van der Waals surface area contributed by atoms with Gasteiger partial charge in [-0.25, -0.2) is 0 Å². The van der Waals surface area contributed by atoms with Crippen molar-refractivity contribution >= 4 is 74.3 Å². The number of fused-ring (bicyclic) bond motifs is 14. The Kier molecular flexibility index (Phi) is 9.65. The molecule has 12 aromatic carbocycles. The van der Waals surface area contributed by atoms with Crippen LogP contribution in [0, 0.1) is 0 Å². The van der Waals surface area contributed by atoms with E-state index in [1.54, 1.807) is 0 Å². The largest absolute Gasteiger partial charge is 0.311 e. The lowest BCUT2D eigenvalue weighted by molar-refractivity contribution is 0.794. The zero-order chi connectivity index (χ0) is 50.6. The average Bonchev–Trinajstić information content (AvgIpc) is 4.22. The Morgan fingerprint density at radius 3 is 1.34 bits per heavy atom. The Balaban J connectivity index is 0.994. The van der Waals surface area contributed by atoms with Crippen molar-refractivity contribution in [1.82, 2.24) is 0 Å². The highest BCUT2D eigenvalue weighted by atomic mass is 15.2. The molecule has 0 fully saturated rings. The minimum atomic E-state index is -0.440. The standard InChI is InChI=1S/C73H48BN3/c1-5-22-49(23-6-1)51-26-21-31-55(44-51)77-69-45-52(50-24-7-2-8-25-50)40-43-67(69)74-66-38-19-20-39-68(66)76(70-47-57(48-71(77)72(70)74)75(53-27-9-3-10-28-53)54-29-11-4-12-30-54)56-41-42-65-61(46-56)60-34-15-18-37-64(60)73(65)62-35-16-13-32-58(62)59-33-14-17-36-63(59)73/h1-48H. The molecule has 0 aromatic heterocycles. The van der Waals surface area contributed by atoms with Gasteiger partial charge in [-0.3, -0.25) is 0 Å². The first-order chi connectivity index (χ1) is 38.2. The highest BCUT2D eigenvalue weighted by molar-refractivity contribution is 7.00. The predicted octanol–water partition coefficient (Wildman–Crippen LogP) is 16.9. The third kappa shape index (κ3) is 6.39. The van der Waals surface area contributed by atoms with Gasteiger partial charge in [0, 0.05) is 45.5 Å². The minimum Gasteiger partial charge on any atom is -0.311 e. The molecule has 0 unspecified atom stereocenters. The van der Waals surface area contributed by atoms with Gasteiger partial charge in [0.15, 0.2) is 0 Å². The average molecular weight is 978 g/mol. The topological polar surface area (TPSA) is 9.72 Å². The first-order valence-corrected chi connectivity index (χ1v) is 26.8. The third-order valence-electron chi connectivity index (χ3n) is 16.8. The fourth-order valence-electron chi connectivity index (χ4n) is 13.7. The quantitative estimate of drug-likeness (QED) is 0.147. The molecule has 16 rings (SSSR count). The molecule has 12 aromatic rings. The van der Waals surface area contributed by atoms with Gasteiger partial charge in [-0.2, -0.15) is 0 Å². The maximum atomic E-state index is 2.58. The van der Waals surface area contributed by atoms with Crippen molar-refractivity contribution < 1.29 is 0 Å². The van der Waals surface area contributed by atoms with Gasteiger partial charge in [0.25, 0.3) is 6.71 Å². The van der Waals surface area contributed by atoms with Crippen molar-refractivity contribution in [3.8, 4) is 44.5 Å². The Labute approximate surface area is 450 Å². The number of hydrogen-bond donors (Lipinski definition) is 0. The van der Waals surface area contributed by atoms with E-state index in [1.165, 1.54) is 94.5 Å². The van der Waals surface area contributed by atoms with Gasteiger partial charge in [0.1, 0.15) is 0 Å². The van der Waals surface area contributed by atoms with Gasteiger partial charge >= 0.3 is 0 Å². The van der Waals surface area contributed by atoms with Crippen LogP contribution in [0.5, 0.6) is 0 Å². The van der Waals surface area contributed by atoms with E-state index in [4.69, 9.17) is 0 Å². The molecule has 2 aliphatic carbocycles. The van der Waals surface area contributed by atoms with Gasteiger partial charge in [-0.05, 0) is 156 Å². The molecule has 0 atom stereocenters. The lowest BCUT2D eigenvalue weighted by atomic mass is 9.33. The molecule has 358 valence electrons. The van der Waals surface area contributed by atoms with Crippen LogP contribution >= 0.6 is 0 Å². The van der Waals surface area contributed by atoms with Crippen LogP contribution in [0.15, 0.2) is 291 Å². The Hall–Kier alpha value is -9.90. The predicted molar refractivity (Wildman–Crippen MR) is 322 cm³/mol. The molecule has 2 heterocycles. The van der Waals surface area contributed by atoms with Gasteiger partial charge in [0.2, 0.25) is 0 Å². The minimum absolute atomic E-state index is 0.0679. The Bertz CT molecular complexity index is 4220. The van der Waals surface area contributed by atoms with E-state index < -0.39 is 5.41 Å². The Morgan fingerprint density at radius 2 is 0.727 bits per heavy atom. The summed E-state index contributed by atoms with van der Waals surface area (Å²) in [6.07, 6.45) is 0. The summed E-state index contributed by atoms with van der Waals surface area (Å²) in [6.45, 7) is -0.0679. The van der Waals surface area contributed by atoms with Crippen molar-refractivity contribution in [3.63, 3.8) is 0 Å². The second-order valence-corrected chi connectivity index (χ2v) is 20.7. The maximum Gasteiger partial charge on any atom is 0.252 e. The highest BCUT2D eigenvalue weighted by Crippen LogP contribution is 2.63. The van der Waals surface area contributed by atoms with E-state index in [2.05, 4.69) is 306 Å². The molecule has 0 N–H and O–H groups in total. The van der Waals surface area contributed by atoms with Crippen molar-refractivity contribution in [1.29, 1.82) is 0 Å². The molecule has 0 radical (unpaired) electrons. The monoisotopic (exact) mass is 977 g/mol. The van der Waals surface area contributed by atoms with Crippen LogP contribution in [0.1, 0.15) is 22.3 Å². The molecule has 0 amide bonds. The summed E-state index contributed by atoms with van der Waals surface area (Å²) in [5, 5.41) is 0.